The van der Waals surface area contributed by atoms with Gasteiger partial charge in [-0.3, -0.25) is 0 Å². The summed E-state index contributed by atoms with van der Waals surface area (Å²) < 4.78 is 15.8. The lowest BCUT2D eigenvalue weighted by atomic mass is 9.93. The Kier molecular flexibility index (Phi) is 5.88. The van der Waals surface area contributed by atoms with E-state index in [9.17, 15) is 20.4 Å². The van der Waals surface area contributed by atoms with Crippen molar-refractivity contribution in [1.82, 2.24) is 0 Å². The molecule has 0 radical (unpaired) electrons. The highest BCUT2D eigenvalue weighted by molar-refractivity contribution is 4.95. The molecular weight excluding hydrogens is 284 g/mol. The van der Waals surface area contributed by atoms with E-state index in [1.165, 1.54) is 0 Å². The molecule has 2 heterocycles. The van der Waals surface area contributed by atoms with E-state index in [0.29, 0.717) is 0 Å². The van der Waals surface area contributed by atoms with Crippen molar-refractivity contribution in [1.29, 1.82) is 0 Å². The average molecular weight is 308 g/mol. The fraction of sp³-hybridized carbons (Fsp3) is 1.00. The summed E-state index contributed by atoms with van der Waals surface area (Å²) in [7, 11) is 0. The summed E-state index contributed by atoms with van der Waals surface area (Å²) >= 11 is 0. The molecule has 0 amide bonds. The first kappa shape index (κ1) is 17.0. The van der Waals surface area contributed by atoms with Crippen LogP contribution in [0.25, 0.3) is 0 Å². The second-order valence-electron chi connectivity index (χ2n) is 5.52. The van der Waals surface area contributed by atoms with Crippen molar-refractivity contribution < 1.29 is 34.6 Å². The molecule has 2 rings (SSSR count). The van der Waals surface area contributed by atoms with Crippen LogP contribution in [-0.4, -0.2) is 89.6 Å². The summed E-state index contributed by atoms with van der Waals surface area (Å²) in [5.41, 5.74) is 11.3. The molecule has 8 atom stereocenters. The summed E-state index contributed by atoms with van der Waals surface area (Å²) in [6, 6.07) is -0.793. The fourth-order valence-corrected chi connectivity index (χ4v) is 2.54. The summed E-state index contributed by atoms with van der Waals surface area (Å²) in [5.74, 6) is -0.333. The van der Waals surface area contributed by atoms with Gasteiger partial charge in [0.15, 0.2) is 6.29 Å². The number of hydrogen-bond acceptors (Lipinski definition) is 9. The van der Waals surface area contributed by atoms with Gasteiger partial charge in [-0.05, 0) is 0 Å². The summed E-state index contributed by atoms with van der Waals surface area (Å²) in [6.45, 7) is 0.507. The van der Waals surface area contributed by atoms with Crippen LogP contribution in [0.3, 0.4) is 0 Å². The van der Waals surface area contributed by atoms with Crippen LogP contribution < -0.4 is 11.5 Å². The first-order valence-electron chi connectivity index (χ1n) is 6.98. The molecule has 0 bridgehead atoms. The first-order chi connectivity index (χ1) is 9.95. The van der Waals surface area contributed by atoms with E-state index in [1.54, 1.807) is 0 Å². The standard InChI is InChI=1S/C12H24N2O7/c13-1-6-10(16)11(17)8(14)7(21-6)4-19-2-5-3-20-12(18)9(5)15/h5-12,15-18H,1-4,13-14H2. The van der Waals surface area contributed by atoms with Crippen molar-refractivity contribution in [2.75, 3.05) is 26.4 Å². The van der Waals surface area contributed by atoms with Gasteiger partial charge < -0.3 is 46.1 Å². The van der Waals surface area contributed by atoms with E-state index in [4.69, 9.17) is 25.7 Å². The predicted molar refractivity (Wildman–Crippen MR) is 70.0 cm³/mol. The molecule has 124 valence electrons. The Morgan fingerprint density at radius 2 is 1.71 bits per heavy atom. The molecule has 2 saturated heterocycles. The minimum absolute atomic E-state index is 0.0584. The summed E-state index contributed by atoms with van der Waals surface area (Å²) in [5, 5.41) is 38.4. The van der Waals surface area contributed by atoms with Crippen molar-refractivity contribution in [3.05, 3.63) is 0 Å². The average Bonchev–Trinajstić information content (AvgIpc) is 2.79. The third-order valence-electron chi connectivity index (χ3n) is 4.01. The SMILES string of the molecule is NCC1OC(COCC2COC(O)C2O)C(N)C(O)C1O. The number of aliphatic hydroxyl groups is 4. The molecule has 21 heavy (non-hydrogen) atoms. The number of hydrogen-bond donors (Lipinski definition) is 6. The highest BCUT2D eigenvalue weighted by Gasteiger charge is 2.42. The van der Waals surface area contributed by atoms with E-state index in [0.717, 1.165) is 0 Å². The van der Waals surface area contributed by atoms with Gasteiger partial charge in [0.2, 0.25) is 0 Å². The van der Waals surface area contributed by atoms with Crippen LogP contribution in [-0.2, 0) is 14.2 Å². The lowest BCUT2D eigenvalue weighted by Crippen LogP contribution is -2.63. The quantitative estimate of drug-likeness (QED) is 0.298. The van der Waals surface area contributed by atoms with Gasteiger partial charge in [-0.1, -0.05) is 0 Å². The van der Waals surface area contributed by atoms with E-state index in [1.807, 2.05) is 0 Å². The highest BCUT2D eigenvalue weighted by Crippen LogP contribution is 2.22. The summed E-state index contributed by atoms with van der Waals surface area (Å²) in [6.07, 6.45) is -5.75. The largest absolute Gasteiger partial charge is 0.389 e. The second-order valence-corrected chi connectivity index (χ2v) is 5.52. The van der Waals surface area contributed by atoms with Gasteiger partial charge in [0.25, 0.3) is 0 Å². The van der Waals surface area contributed by atoms with E-state index < -0.39 is 42.9 Å². The van der Waals surface area contributed by atoms with Gasteiger partial charge >= 0.3 is 0 Å². The molecule has 2 fully saturated rings. The van der Waals surface area contributed by atoms with Crippen LogP contribution in [0, 0.1) is 5.92 Å². The molecular formula is C12H24N2O7. The van der Waals surface area contributed by atoms with Crippen LogP contribution in [0.1, 0.15) is 0 Å². The predicted octanol–water partition coefficient (Wildman–Crippen LogP) is -3.90. The minimum atomic E-state index is -1.19. The maximum absolute atomic E-state index is 9.85. The van der Waals surface area contributed by atoms with Crippen LogP contribution in [0.4, 0.5) is 0 Å². The second kappa shape index (κ2) is 7.27. The normalized spacial score (nSPS) is 47.7. The molecule has 0 saturated carbocycles. The Morgan fingerprint density at radius 1 is 1.00 bits per heavy atom. The molecule has 0 aromatic heterocycles. The first-order valence-corrected chi connectivity index (χ1v) is 6.98. The van der Waals surface area contributed by atoms with Gasteiger partial charge in [0.05, 0.1) is 38.1 Å². The monoisotopic (exact) mass is 308 g/mol. The van der Waals surface area contributed by atoms with Crippen molar-refractivity contribution in [3.8, 4) is 0 Å². The maximum atomic E-state index is 9.85. The van der Waals surface area contributed by atoms with E-state index in [2.05, 4.69) is 0 Å². The van der Waals surface area contributed by atoms with Crippen molar-refractivity contribution in [2.45, 2.75) is 42.9 Å². The van der Waals surface area contributed by atoms with Crippen LogP contribution in [0.2, 0.25) is 0 Å². The molecule has 2 aliphatic heterocycles. The van der Waals surface area contributed by atoms with Crippen LogP contribution in [0.15, 0.2) is 0 Å². The minimum Gasteiger partial charge on any atom is -0.389 e. The van der Waals surface area contributed by atoms with Crippen LogP contribution in [0.5, 0.6) is 0 Å². The maximum Gasteiger partial charge on any atom is 0.181 e. The smallest absolute Gasteiger partial charge is 0.181 e. The molecule has 9 heteroatoms. The molecule has 0 aromatic carbocycles. The zero-order chi connectivity index (χ0) is 15.6. The molecule has 2 aliphatic rings. The van der Waals surface area contributed by atoms with Gasteiger partial charge in [-0.25, -0.2) is 0 Å². The molecule has 8 unspecified atom stereocenters. The van der Waals surface area contributed by atoms with Crippen molar-refractivity contribution in [2.24, 2.45) is 17.4 Å². The lowest BCUT2D eigenvalue weighted by Gasteiger charge is -2.41. The zero-order valence-corrected chi connectivity index (χ0v) is 11.6. The van der Waals surface area contributed by atoms with Gasteiger partial charge in [0.1, 0.15) is 18.3 Å². The summed E-state index contributed by atoms with van der Waals surface area (Å²) in [4.78, 5) is 0. The Hall–Kier alpha value is -0.360. The Balaban J connectivity index is 1.79. The van der Waals surface area contributed by atoms with E-state index in [-0.39, 0.29) is 32.3 Å². The number of rotatable bonds is 5. The number of nitrogens with two attached hydrogens (primary N) is 2. The fourth-order valence-electron chi connectivity index (χ4n) is 2.54. The molecule has 9 nitrogen and oxygen atoms in total. The lowest BCUT2D eigenvalue weighted by molar-refractivity contribution is -0.188. The van der Waals surface area contributed by atoms with Gasteiger partial charge in [-0.2, -0.15) is 0 Å². The third kappa shape index (κ3) is 3.70. The van der Waals surface area contributed by atoms with Crippen LogP contribution >= 0.6 is 0 Å². The van der Waals surface area contributed by atoms with Crippen molar-refractivity contribution >= 4 is 0 Å². The van der Waals surface area contributed by atoms with Gasteiger partial charge in [-0.15, -0.1) is 0 Å². The molecule has 8 N–H and O–H groups in total. The molecule has 0 spiro atoms. The Morgan fingerprint density at radius 3 is 2.29 bits per heavy atom. The highest BCUT2D eigenvalue weighted by atomic mass is 16.6. The molecule has 0 aliphatic carbocycles. The van der Waals surface area contributed by atoms with E-state index >= 15 is 0 Å². The zero-order valence-electron chi connectivity index (χ0n) is 11.6. The number of ether oxygens (including phenoxy) is 3. The third-order valence-corrected chi connectivity index (χ3v) is 4.01. The van der Waals surface area contributed by atoms with Crippen molar-refractivity contribution in [3.63, 3.8) is 0 Å². The number of aliphatic hydroxyl groups excluding tert-OH is 4. The van der Waals surface area contributed by atoms with Gasteiger partial charge in [0, 0.05) is 12.5 Å². The topological polar surface area (TPSA) is 161 Å². The Bertz CT molecular complexity index is 333. The Labute approximate surface area is 122 Å². The molecule has 0 aromatic rings.